The minimum absolute atomic E-state index is 0.243. The lowest BCUT2D eigenvalue weighted by atomic mass is 10.0. The Balaban J connectivity index is 3.60. The first-order chi connectivity index (χ1) is 4.57. The Kier molecular flexibility index (Phi) is 4.65. The van der Waals surface area contributed by atoms with Gasteiger partial charge < -0.3 is 10.4 Å². The van der Waals surface area contributed by atoms with E-state index >= 15 is 0 Å². The molecular weight excluding hydrogens is 126 g/mol. The third-order valence-electron chi connectivity index (χ3n) is 1.68. The number of aliphatic hydroxyl groups is 1. The standard InChI is InChI=1S/C8H19NO/c1-6(2)5-8(9-4)7(3)10/h6-10H,5H2,1-4H3. The molecule has 0 amide bonds. The monoisotopic (exact) mass is 145 g/mol. The van der Waals surface area contributed by atoms with Gasteiger partial charge in [-0.2, -0.15) is 0 Å². The molecule has 0 rings (SSSR count). The van der Waals surface area contributed by atoms with Gasteiger partial charge in [0.05, 0.1) is 6.10 Å². The molecule has 10 heavy (non-hydrogen) atoms. The van der Waals surface area contributed by atoms with Gasteiger partial charge in [0.2, 0.25) is 0 Å². The second kappa shape index (κ2) is 4.69. The molecule has 2 N–H and O–H groups in total. The minimum atomic E-state index is -0.243. The highest BCUT2D eigenvalue weighted by Crippen LogP contribution is 2.06. The molecule has 2 unspecified atom stereocenters. The molecule has 0 aromatic heterocycles. The van der Waals surface area contributed by atoms with E-state index in [0.717, 1.165) is 6.42 Å². The molecule has 2 atom stereocenters. The molecule has 0 radical (unpaired) electrons. The Morgan fingerprint density at radius 2 is 1.80 bits per heavy atom. The van der Waals surface area contributed by atoms with Crippen molar-refractivity contribution in [1.29, 1.82) is 0 Å². The highest BCUT2D eigenvalue weighted by Gasteiger charge is 2.12. The van der Waals surface area contributed by atoms with Gasteiger partial charge in [0.25, 0.3) is 0 Å². The van der Waals surface area contributed by atoms with Gasteiger partial charge in [-0.1, -0.05) is 13.8 Å². The number of hydrogen-bond donors (Lipinski definition) is 2. The summed E-state index contributed by atoms with van der Waals surface area (Å²) in [6, 6.07) is 0.250. The molecule has 0 aliphatic rings. The van der Waals surface area contributed by atoms with E-state index in [-0.39, 0.29) is 12.1 Å². The minimum Gasteiger partial charge on any atom is -0.392 e. The molecule has 2 heteroatoms. The second-order valence-electron chi connectivity index (χ2n) is 3.27. The fourth-order valence-electron chi connectivity index (χ4n) is 1.06. The van der Waals surface area contributed by atoms with E-state index in [9.17, 15) is 5.11 Å². The van der Waals surface area contributed by atoms with Gasteiger partial charge in [0.15, 0.2) is 0 Å². The summed E-state index contributed by atoms with van der Waals surface area (Å²) in [4.78, 5) is 0. The molecule has 0 heterocycles. The first-order valence-corrected chi connectivity index (χ1v) is 3.93. The summed E-state index contributed by atoms with van der Waals surface area (Å²) in [6.45, 7) is 6.14. The van der Waals surface area contributed by atoms with Gasteiger partial charge in [0, 0.05) is 6.04 Å². The van der Waals surface area contributed by atoms with E-state index in [1.807, 2.05) is 14.0 Å². The van der Waals surface area contributed by atoms with Gasteiger partial charge in [-0.05, 0) is 26.3 Å². The van der Waals surface area contributed by atoms with Crippen LogP contribution in [0.3, 0.4) is 0 Å². The lowest BCUT2D eigenvalue weighted by molar-refractivity contribution is 0.137. The number of nitrogens with one attached hydrogen (secondary N) is 1. The second-order valence-corrected chi connectivity index (χ2v) is 3.27. The normalized spacial score (nSPS) is 17.4. The molecule has 0 aliphatic carbocycles. The van der Waals surface area contributed by atoms with Gasteiger partial charge in [-0.25, -0.2) is 0 Å². The van der Waals surface area contributed by atoms with Crippen molar-refractivity contribution in [2.24, 2.45) is 5.92 Å². The van der Waals surface area contributed by atoms with Crippen LogP contribution < -0.4 is 5.32 Å². The molecule has 2 nitrogen and oxygen atoms in total. The molecule has 0 aliphatic heterocycles. The van der Waals surface area contributed by atoms with Crippen molar-refractivity contribution in [3.05, 3.63) is 0 Å². The number of rotatable bonds is 4. The Hall–Kier alpha value is -0.0800. The predicted octanol–water partition coefficient (Wildman–Crippen LogP) is 1.00. The molecule has 62 valence electrons. The number of aliphatic hydroxyl groups excluding tert-OH is 1. The Morgan fingerprint density at radius 1 is 1.30 bits per heavy atom. The van der Waals surface area contributed by atoms with E-state index < -0.39 is 0 Å². The predicted molar refractivity (Wildman–Crippen MR) is 44.0 cm³/mol. The molecule has 0 aromatic rings. The maximum Gasteiger partial charge on any atom is 0.0665 e. The van der Waals surface area contributed by atoms with Crippen molar-refractivity contribution < 1.29 is 5.11 Å². The van der Waals surface area contributed by atoms with Gasteiger partial charge in [-0.15, -0.1) is 0 Å². The highest BCUT2D eigenvalue weighted by atomic mass is 16.3. The molecule has 0 bridgehead atoms. The summed E-state index contributed by atoms with van der Waals surface area (Å²) >= 11 is 0. The van der Waals surface area contributed by atoms with Gasteiger partial charge in [0.1, 0.15) is 0 Å². The molecule has 0 spiro atoms. The number of hydrogen-bond acceptors (Lipinski definition) is 2. The third-order valence-corrected chi connectivity index (χ3v) is 1.68. The average Bonchev–Trinajstić information content (AvgIpc) is 1.81. The SMILES string of the molecule is CNC(CC(C)C)C(C)O. The summed E-state index contributed by atoms with van der Waals surface area (Å²) in [7, 11) is 1.89. The van der Waals surface area contributed by atoms with Gasteiger partial charge in [-0.3, -0.25) is 0 Å². The Bertz CT molecular complexity index is 81.3. The lowest BCUT2D eigenvalue weighted by Gasteiger charge is -2.20. The van der Waals surface area contributed by atoms with E-state index in [1.54, 1.807) is 0 Å². The quantitative estimate of drug-likeness (QED) is 0.618. The van der Waals surface area contributed by atoms with Crippen molar-refractivity contribution in [1.82, 2.24) is 5.32 Å². The summed E-state index contributed by atoms with van der Waals surface area (Å²) in [6.07, 6.45) is 0.793. The van der Waals surface area contributed by atoms with Crippen LogP contribution in [0, 0.1) is 5.92 Å². The molecule has 0 aromatic carbocycles. The smallest absolute Gasteiger partial charge is 0.0665 e. The third kappa shape index (κ3) is 3.85. The van der Waals surface area contributed by atoms with E-state index in [1.165, 1.54) is 0 Å². The van der Waals surface area contributed by atoms with Crippen LogP contribution in [-0.4, -0.2) is 24.3 Å². The highest BCUT2D eigenvalue weighted by molar-refractivity contribution is 4.71. The number of likely N-dealkylation sites (N-methyl/N-ethyl adjacent to an activating group) is 1. The zero-order valence-corrected chi connectivity index (χ0v) is 7.39. The Labute approximate surface area is 63.6 Å². The fraction of sp³-hybridized carbons (Fsp3) is 1.00. The van der Waals surface area contributed by atoms with Crippen molar-refractivity contribution in [3.8, 4) is 0 Å². The van der Waals surface area contributed by atoms with Crippen molar-refractivity contribution in [2.45, 2.75) is 39.3 Å². The first kappa shape index (κ1) is 9.92. The maximum absolute atomic E-state index is 9.20. The van der Waals surface area contributed by atoms with E-state index in [0.29, 0.717) is 5.92 Å². The molecule has 0 saturated carbocycles. The van der Waals surface area contributed by atoms with E-state index in [2.05, 4.69) is 19.2 Å². The first-order valence-electron chi connectivity index (χ1n) is 3.93. The van der Waals surface area contributed by atoms with Crippen LogP contribution in [0.1, 0.15) is 27.2 Å². The van der Waals surface area contributed by atoms with Crippen molar-refractivity contribution >= 4 is 0 Å². The molecule has 0 saturated heterocycles. The van der Waals surface area contributed by atoms with Crippen LogP contribution in [-0.2, 0) is 0 Å². The zero-order valence-electron chi connectivity index (χ0n) is 7.39. The van der Waals surface area contributed by atoms with Crippen LogP contribution in [0.2, 0.25) is 0 Å². The molecular formula is C8H19NO. The van der Waals surface area contributed by atoms with Crippen LogP contribution >= 0.6 is 0 Å². The summed E-state index contributed by atoms with van der Waals surface area (Å²) in [5, 5.41) is 12.3. The van der Waals surface area contributed by atoms with Crippen LogP contribution in [0.15, 0.2) is 0 Å². The summed E-state index contributed by atoms with van der Waals surface area (Å²) in [5.74, 6) is 0.645. The van der Waals surface area contributed by atoms with Crippen LogP contribution in [0.4, 0.5) is 0 Å². The van der Waals surface area contributed by atoms with Crippen LogP contribution in [0.25, 0.3) is 0 Å². The lowest BCUT2D eigenvalue weighted by Crippen LogP contribution is -2.36. The van der Waals surface area contributed by atoms with Crippen molar-refractivity contribution in [3.63, 3.8) is 0 Å². The largest absolute Gasteiger partial charge is 0.392 e. The summed E-state index contributed by atoms with van der Waals surface area (Å²) in [5.41, 5.74) is 0. The van der Waals surface area contributed by atoms with Gasteiger partial charge >= 0.3 is 0 Å². The molecule has 0 fully saturated rings. The zero-order chi connectivity index (χ0) is 8.15. The average molecular weight is 145 g/mol. The maximum atomic E-state index is 9.20. The topological polar surface area (TPSA) is 32.3 Å². The van der Waals surface area contributed by atoms with Crippen molar-refractivity contribution in [2.75, 3.05) is 7.05 Å². The fourth-order valence-corrected chi connectivity index (χ4v) is 1.06. The Morgan fingerprint density at radius 3 is 1.90 bits per heavy atom. The van der Waals surface area contributed by atoms with E-state index in [4.69, 9.17) is 0 Å². The summed E-state index contributed by atoms with van der Waals surface area (Å²) < 4.78 is 0. The van der Waals surface area contributed by atoms with Crippen LogP contribution in [0.5, 0.6) is 0 Å².